The van der Waals surface area contributed by atoms with Crippen LogP contribution in [0.2, 0.25) is 0 Å². The lowest BCUT2D eigenvalue weighted by Gasteiger charge is -2.01. The Labute approximate surface area is 49.7 Å². The van der Waals surface area contributed by atoms with E-state index in [4.69, 9.17) is 11.5 Å². The van der Waals surface area contributed by atoms with E-state index in [1.54, 1.807) is 7.05 Å². The molecule has 0 bridgehead atoms. The maximum Gasteiger partial charge on any atom is 0.115 e. The van der Waals surface area contributed by atoms with Crippen LogP contribution in [0.4, 0.5) is 0 Å². The SMILES string of the molecule is CC/C(N)=C(/N)NC. The summed E-state index contributed by atoms with van der Waals surface area (Å²) < 4.78 is 0. The predicted octanol–water partition coefficient (Wildman–Crippen LogP) is -0.298. The van der Waals surface area contributed by atoms with Crippen molar-refractivity contribution in [2.24, 2.45) is 11.5 Å². The number of nitrogens with two attached hydrogens (primary N) is 2. The summed E-state index contributed by atoms with van der Waals surface area (Å²) in [6.45, 7) is 1.96. The van der Waals surface area contributed by atoms with Gasteiger partial charge in [-0.15, -0.1) is 0 Å². The van der Waals surface area contributed by atoms with Crippen molar-refractivity contribution >= 4 is 0 Å². The molecule has 0 spiro atoms. The van der Waals surface area contributed by atoms with E-state index in [-0.39, 0.29) is 0 Å². The molecule has 0 aromatic carbocycles. The van der Waals surface area contributed by atoms with Crippen LogP contribution in [-0.2, 0) is 0 Å². The van der Waals surface area contributed by atoms with Crippen LogP contribution in [0.5, 0.6) is 0 Å². The van der Waals surface area contributed by atoms with Crippen LogP contribution >= 0.6 is 0 Å². The fourth-order valence-corrected chi connectivity index (χ4v) is 0.351. The average Bonchev–Trinajstić information content (AvgIpc) is 1.84. The molecule has 0 aliphatic carbocycles. The molecule has 0 unspecified atom stereocenters. The molecule has 0 aliphatic rings. The van der Waals surface area contributed by atoms with Crippen LogP contribution in [-0.4, -0.2) is 7.05 Å². The molecule has 0 radical (unpaired) electrons. The summed E-state index contributed by atoms with van der Waals surface area (Å²) in [5.74, 6) is 0.576. The van der Waals surface area contributed by atoms with Gasteiger partial charge < -0.3 is 16.8 Å². The monoisotopic (exact) mass is 115 g/mol. The smallest absolute Gasteiger partial charge is 0.115 e. The highest BCUT2D eigenvalue weighted by atomic mass is 15.0. The summed E-state index contributed by atoms with van der Waals surface area (Å²) in [5.41, 5.74) is 11.5. The van der Waals surface area contributed by atoms with Gasteiger partial charge in [-0.3, -0.25) is 0 Å². The van der Waals surface area contributed by atoms with Crippen molar-refractivity contribution in [1.29, 1.82) is 0 Å². The van der Waals surface area contributed by atoms with Crippen molar-refractivity contribution in [3.8, 4) is 0 Å². The molecular weight excluding hydrogens is 102 g/mol. The Balaban J connectivity index is 3.83. The third kappa shape index (κ3) is 1.73. The van der Waals surface area contributed by atoms with Gasteiger partial charge in [0.1, 0.15) is 5.82 Å². The average molecular weight is 115 g/mol. The quantitative estimate of drug-likeness (QED) is 0.463. The normalized spacial score (nSPS) is 12.8. The Morgan fingerprint density at radius 3 is 2.12 bits per heavy atom. The number of rotatable bonds is 2. The summed E-state index contributed by atoms with van der Waals surface area (Å²) in [6.07, 6.45) is 0.798. The van der Waals surface area contributed by atoms with Crippen LogP contribution in [0, 0.1) is 0 Å². The van der Waals surface area contributed by atoms with Crippen LogP contribution in [0.25, 0.3) is 0 Å². The topological polar surface area (TPSA) is 64.1 Å². The molecule has 48 valence electrons. The fourth-order valence-electron chi connectivity index (χ4n) is 0.351. The molecule has 0 aromatic heterocycles. The summed E-state index contributed by atoms with van der Waals surface area (Å²) in [7, 11) is 1.75. The van der Waals surface area contributed by atoms with Crippen molar-refractivity contribution in [3.63, 3.8) is 0 Å². The van der Waals surface area contributed by atoms with Gasteiger partial charge in [-0.25, -0.2) is 0 Å². The van der Waals surface area contributed by atoms with Gasteiger partial charge in [0.2, 0.25) is 0 Å². The van der Waals surface area contributed by atoms with Gasteiger partial charge in [-0.05, 0) is 6.42 Å². The lowest BCUT2D eigenvalue weighted by atomic mass is 10.3. The molecule has 0 amide bonds. The molecule has 0 aromatic rings. The first-order valence-corrected chi connectivity index (χ1v) is 2.64. The number of hydrogen-bond acceptors (Lipinski definition) is 3. The standard InChI is InChI=1S/C5H13N3/c1-3-4(6)5(7)8-2/h8H,3,6-7H2,1-2H3/b5-4+. The zero-order valence-electron chi connectivity index (χ0n) is 5.36. The van der Waals surface area contributed by atoms with Crippen LogP contribution < -0.4 is 16.8 Å². The zero-order valence-corrected chi connectivity index (χ0v) is 5.36. The first-order valence-electron chi connectivity index (χ1n) is 2.64. The highest BCUT2D eigenvalue weighted by molar-refractivity contribution is 5.03. The van der Waals surface area contributed by atoms with Crippen molar-refractivity contribution in [1.82, 2.24) is 5.32 Å². The Hall–Kier alpha value is -0.860. The van der Waals surface area contributed by atoms with Gasteiger partial charge in [0, 0.05) is 12.7 Å². The third-order valence-corrected chi connectivity index (χ3v) is 0.996. The van der Waals surface area contributed by atoms with E-state index in [0.717, 1.165) is 6.42 Å². The largest absolute Gasteiger partial charge is 0.399 e. The summed E-state index contributed by atoms with van der Waals surface area (Å²) >= 11 is 0. The molecule has 0 saturated carbocycles. The second kappa shape index (κ2) is 3.18. The lowest BCUT2D eigenvalue weighted by molar-refractivity contribution is 0.889. The first-order chi connectivity index (χ1) is 3.72. The Bertz CT molecular complexity index is 83.8. The van der Waals surface area contributed by atoms with Gasteiger partial charge >= 0.3 is 0 Å². The third-order valence-electron chi connectivity index (χ3n) is 0.996. The van der Waals surface area contributed by atoms with Crippen LogP contribution in [0.1, 0.15) is 13.3 Å². The number of nitrogens with one attached hydrogen (secondary N) is 1. The molecule has 0 aliphatic heterocycles. The highest BCUT2D eigenvalue weighted by Crippen LogP contribution is 1.89. The molecular formula is C5H13N3. The van der Waals surface area contributed by atoms with E-state index < -0.39 is 0 Å². The first kappa shape index (κ1) is 7.14. The molecule has 5 N–H and O–H groups in total. The Kier molecular flexibility index (Phi) is 2.84. The van der Waals surface area contributed by atoms with E-state index in [1.165, 1.54) is 0 Å². The van der Waals surface area contributed by atoms with Gasteiger partial charge in [0.05, 0.1) is 0 Å². The molecule has 0 atom stereocenters. The van der Waals surface area contributed by atoms with Gasteiger partial charge in [-0.2, -0.15) is 0 Å². The molecule has 3 nitrogen and oxygen atoms in total. The predicted molar refractivity (Wildman–Crippen MR) is 34.8 cm³/mol. The van der Waals surface area contributed by atoms with Gasteiger partial charge in [0.25, 0.3) is 0 Å². The minimum absolute atomic E-state index is 0.576. The molecule has 0 heterocycles. The fraction of sp³-hybridized carbons (Fsp3) is 0.600. The number of hydrogen-bond donors (Lipinski definition) is 3. The second-order valence-electron chi connectivity index (χ2n) is 1.54. The Morgan fingerprint density at radius 1 is 1.50 bits per heavy atom. The number of allylic oxidation sites excluding steroid dienone is 1. The summed E-state index contributed by atoms with van der Waals surface area (Å²) in [4.78, 5) is 0. The molecule has 8 heavy (non-hydrogen) atoms. The van der Waals surface area contributed by atoms with E-state index >= 15 is 0 Å². The van der Waals surface area contributed by atoms with E-state index in [0.29, 0.717) is 11.5 Å². The summed E-state index contributed by atoms with van der Waals surface area (Å²) in [6, 6.07) is 0. The van der Waals surface area contributed by atoms with Crippen molar-refractivity contribution in [2.75, 3.05) is 7.05 Å². The highest BCUT2D eigenvalue weighted by Gasteiger charge is 1.89. The van der Waals surface area contributed by atoms with Gasteiger partial charge in [-0.1, -0.05) is 6.92 Å². The van der Waals surface area contributed by atoms with Gasteiger partial charge in [0.15, 0.2) is 0 Å². The van der Waals surface area contributed by atoms with E-state index in [2.05, 4.69) is 5.32 Å². The molecule has 0 rings (SSSR count). The van der Waals surface area contributed by atoms with Crippen LogP contribution in [0.15, 0.2) is 11.5 Å². The molecule has 0 fully saturated rings. The maximum absolute atomic E-state index is 5.42. The van der Waals surface area contributed by atoms with E-state index in [1.807, 2.05) is 6.92 Å². The Morgan fingerprint density at radius 2 is 2.00 bits per heavy atom. The van der Waals surface area contributed by atoms with Crippen molar-refractivity contribution < 1.29 is 0 Å². The van der Waals surface area contributed by atoms with Crippen molar-refractivity contribution in [3.05, 3.63) is 11.5 Å². The molecule has 3 heteroatoms. The molecule has 0 saturated heterocycles. The van der Waals surface area contributed by atoms with Crippen LogP contribution in [0.3, 0.4) is 0 Å². The lowest BCUT2D eigenvalue weighted by Crippen LogP contribution is -2.20. The summed E-state index contributed by atoms with van der Waals surface area (Å²) in [5, 5.41) is 2.75. The minimum Gasteiger partial charge on any atom is -0.399 e. The minimum atomic E-state index is 0.576. The van der Waals surface area contributed by atoms with E-state index in [9.17, 15) is 0 Å². The second-order valence-corrected chi connectivity index (χ2v) is 1.54. The van der Waals surface area contributed by atoms with Crippen molar-refractivity contribution in [2.45, 2.75) is 13.3 Å². The maximum atomic E-state index is 5.42. The zero-order chi connectivity index (χ0) is 6.57.